The number of aliphatic hydroxyl groups excluding tert-OH is 1. The molecule has 4 saturated heterocycles. The number of hydrogen-bond acceptors (Lipinski definition) is 22. The highest BCUT2D eigenvalue weighted by Gasteiger charge is 2.64. The van der Waals surface area contributed by atoms with E-state index in [-0.39, 0.29) is 84.1 Å². The highest BCUT2D eigenvalue weighted by molar-refractivity contribution is 6.74. The van der Waals surface area contributed by atoms with E-state index in [2.05, 4.69) is 96.5 Å². The zero-order valence-electron chi connectivity index (χ0n) is 74.8. The van der Waals surface area contributed by atoms with E-state index in [9.17, 15) is 38.7 Å². The quantitative estimate of drug-likeness (QED) is 0.0383. The summed E-state index contributed by atoms with van der Waals surface area (Å²) in [6.45, 7) is 57.2. The van der Waals surface area contributed by atoms with Gasteiger partial charge in [0.25, 0.3) is 0 Å². The van der Waals surface area contributed by atoms with Crippen molar-refractivity contribution in [2.75, 3.05) is 19.8 Å². The summed E-state index contributed by atoms with van der Waals surface area (Å²) in [5.74, 6) is -8.04. The van der Waals surface area contributed by atoms with Crippen molar-refractivity contribution in [1.82, 2.24) is 29.0 Å². The second-order valence-corrected chi connectivity index (χ2v) is 48.5. The number of ether oxygens (including phenoxy) is 8. The fraction of sp³-hybridized carbons (Fsp3) is 0.761. The van der Waals surface area contributed by atoms with E-state index >= 15 is 4.79 Å². The molecule has 8 heterocycles. The first-order valence-corrected chi connectivity index (χ1v) is 48.0. The number of Topliss-reactive ketones (excluding diaryl/α,β-unsaturated/α-hetero) is 4. The molecule has 22 atom stereocenters. The zero-order valence-corrected chi connectivity index (χ0v) is 76.8. The first-order valence-electron chi connectivity index (χ1n) is 42.2. The maximum absolute atomic E-state index is 15.1. The molecule has 0 saturated carbocycles. The third-order valence-electron chi connectivity index (χ3n) is 26.4. The minimum atomic E-state index is -2.52. The number of carbonyl (C=O) groups excluding carboxylic acids is 8. The fourth-order valence-corrected chi connectivity index (χ4v) is 19.3. The van der Waals surface area contributed by atoms with E-state index in [1.807, 2.05) is 99.1 Å². The highest BCUT2D eigenvalue weighted by Crippen LogP contribution is 2.49. The van der Waals surface area contributed by atoms with Gasteiger partial charge in [0.2, 0.25) is 0 Å². The molecule has 1 N–H and O–H groups in total. The molecule has 646 valence electrons. The van der Waals surface area contributed by atoms with Crippen molar-refractivity contribution in [3.8, 4) is 11.3 Å². The minimum absolute atomic E-state index is 0.0132. The Bertz CT molecular complexity index is 3830. The van der Waals surface area contributed by atoms with Gasteiger partial charge in [0.05, 0.1) is 55.7 Å². The number of amides is 1. The number of imidazole rings is 2. The monoisotopic (exact) mass is 1640 g/mol. The van der Waals surface area contributed by atoms with Gasteiger partial charge in [0.15, 0.2) is 57.8 Å². The van der Waals surface area contributed by atoms with Crippen LogP contribution >= 0.6 is 0 Å². The van der Waals surface area contributed by atoms with Crippen LogP contribution in [0.5, 0.6) is 0 Å². The Morgan fingerprint density at radius 2 is 1.17 bits per heavy atom. The molecule has 1 amide bonds. The smallest absolute Gasteiger partial charge is 0.420 e. The summed E-state index contributed by atoms with van der Waals surface area (Å²) in [7, 11) is -5.01. The molecule has 3 aromatic rings. The van der Waals surface area contributed by atoms with E-state index in [4.69, 9.17) is 46.7 Å². The number of fused-ring (bicyclic) bond motifs is 1. The number of unbranched alkanes of at least 4 members (excludes halogenated alkanes) is 1. The van der Waals surface area contributed by atoms with Gasteiger partial charge in [-0.3, -0.25) is 33.8 Å². The van der Waals surface area contributed by atoms with Crippen LogP contribution in [0, 0.1) is 70.0 Å². The van der Waals surface area contributed by atoms with Crippen molar-refractivity contribution in [3.05, 3.63) is 67.4 Å². The van der Waals surface area contributed by atoms with Crippen LogP contribution in [0.1, 0.15) is 224 Å². The van der Waals surface area contributed by atoms with E-state index < -0.39 is 159 Å². The maximum Gasteiger partial charge on any atom is 0.420 e. The number of aryl methyl sites for hydroxylation is 1. The Balaban J connectivity index is 0.000000325. The Morgan fingerprint density at radius 1 is 0.643 bits per heavy atom. The van der Waals surface area contributed by atoms with Crippen molar-refractivity contribution < 1.29 is 90.2 Å². The molecular weight excluding hydrogens is 1500 g/mol. The number of allylic oxidation sites excluding steroid dienone is 1. The van der Waals surface area contributed by atoms with Crippen LogP contribution in [0.2, 0.25) is 36.3 Å². The van der Waals surface area contributed by atoms with Gasteiger partial charge >= 0.3 is 24.1 Å². The molecule has 8 rings (SSSR count). The molecule has 27 heteroatoms. The van der Waals surface area contributed by atoms with Crippen LogP contribution < -0.4 is 0 Å². The number of carbonyl (C=O) groups is 8. The van der Waals surface area contributed by atoms with Crippen molar-refractivity contribution in [2.45, 2.75) is 340 Å². The number of rotatable bonds is 19. The Hall–Kier alpha value is -6.18. The molecule has 0 spiro atoms. The molecule has 25 nitrogen and oxygen atoms in total. The second-order valence-electron chi connectivity index (χ2n) is 38.9. The SMILES string of the molecule is CC[C@H]1OC(=O)[C@H](C)C(=O)[C@H](C)[C@@H](O[C@@H]2O[C@H](C)C[C@H](C)[C@H]2C)C(C)(C)C[C@@H](C)C(=O)/C(C)=C/[C@]1(CO[Si](C)(C)C(C)(C)C)OC(=O)n1ccnc1.CC[C@H]1OC(=O)[C@H](C)C(=O)[C@H](C)[C@@H](O[C@@H]2O[C@H](C)C[C@H](C)[C@H]2O)C(C)(C)C[C@@H](C)C(=O)[C@H](C)[C@H]2N(CCCCn3cnc(-c4cccnc4)c3)C(=O)O[C@]12CO[Si](C)(C)C(C)(C)C. The standard InChI is InChI=1S/C48H76N4O10Si.C40H66N2O9Si/c1-15-37-48(27-58-63(13,14)46(8,9)10)41(52(45(57)62-48)22-17-16-21-51-26-36(50-28-51)35-19-18-20-49-25-35)32(5)38(53)30(3)24-47(11,12)42(33(6)40(55)34(7)43(56)60-37)61-44-39(54)29(2)23-31(4)59-44;1-16-31-40(22-47-52(14,15)38(9,10)11,51-37(46)42-18-17-41-23-42)21-26(4)32(43)25(3)20-39(12,13)34(29(7)33(44)30(8)35(45)49-31)50-36-28(6)24(2)19-27(5)48-36/h18-20,25-26,28-34,37,39,41-42,44,54H,15-17,21-24,27H2,1-14H3;17-18,21,23-25,27-31,34,36H,16,19-20,22H2,1-15H3/b;26-21+/t29-,30+,31+,32-,33-,34+,37+,39+,41+,42+,44-,48+;24-,25+,27+,28+,29-,30+,31+,34+,36-,40+/m00/s1. The first kappa shape index (κ1) is 96.0. The van der Waals surface area contributed by atoms with Gasteiger partial charge in [0.1, 0.15) is 42.3 Å². The summed E-state index contributed by atoms with van der Waals surface area (Å²) >= 11 is 0. The number of aromatic nitrogens is 5. The maximum atomic E-state index is 15.1. The van der Waals surface area contributed by atoms with Crippen LogP contribution in [-0.4, -0.2) is 190 Å². The van der Waals surface area contributed by atoms with E-state index in [1.165, 1.54) is 30.2 Å². The van der Waals surface area contributed by atoms with Crippen LogP contribution in [0.25, 0.3) is 11.3 Å². The molecule has 0 aromatic carbocycles. The van der Waals surface area contributed by atoms with Crippen LogP contribution in [0.4, 0.5) is 9.59 Å². The molecule has 0 radical (unpaired) electrons. The topological polar surface area (TPSA) is 301 Å². The second kappa shape index (κ2) is 38.5. The van der Waals surface area contributed by atoms with Gasteiger partial charge in [-0.25, -0.2) is 24.1 Å². The fourth-order valence-electron chi connectivity index (χ4n) is 17.2. The van der Waals surface area contributed by atoms with Crippen molar-refractivity contribution >= 4 is 63.9 Å². The van der Waals surface area contributed by atoms with Crippen LogP contribution in [-0.2, 0) is 82.1 Å². The number of nitrogens with zero attached hydrogens (tertiary/aromatic N) is 6. The molecular formula is C88H142N6O19Si2. The van der Waals surface area contributed by atoms with E-state index in [0.29, 0.717) is 50.1 Å². The molecule has 3 aromatic heterocycles. The van der Waals surface area contributed by atoms with Gasteiger partial charge in [-0.1, -0.05) is 138 Å². The molecule has 5 aliphatic heterocycles. The summed E-state index contributed by atoms with van der Waals surface area (Å²) in [6, 6.07) is 2.96. The zero-order chi connectivity index (χ0) is 86.4. The molecule has 5 aliphatic rings. The highest BCUT2D eigenvalue weighted by atomic mass is 28.4. The van der Waals surface area contributed by atoms with Crippen molar-refractivity contribution in [2.24, 2.45) is 70.0 Å². The normalized spacial score (nSPS) is 34.4. The van der Waals surface area contributed by atoms with Crippen molar-refractivity contribution in [3.63, 3.8) is 0 Å². The summed E-state index contributed by atoms with van der Waals surface area (Å²) in [5.41, 5.74) is -2.75. The lowest BCUT2D eigenvalue weighted by Crippen LogP contribution is -2.63. The minimum Gasteiger partial charge on any atom is -0.457 e. The molecule has 0 bridgehead atoms. The van der Waals surface area contributed by atoms with Gasteiger partial charge in [-0.05, 0) is 169 Å². The average molecular weight is 1640 g/mol. The number of hydrogen-bond donors (Lipinski definition) is 1. The number of pyridine rings is 1. The summed E-state index contributed by atoms with van der Waals surface area (Å²) in [5, 5.41) is 10.8. The van der Waals surface area contributed by atoms with Crippen LogP contribution in [0.15, 0.2) is 67.4 Å². The third-order valence-corrected chi connectivity index (χ3v) is 35.4. The molecule has 115 heavy (non-hydrogen) atoms. The van der Waals surface area contributed by atoms with Crippen LogP contribution in [0.3, 0.4) is 0 Å². The first-order chi connectivity index (χ1) is 53.2. The number of cyclic esters (lactones) is 2. The van der Waals surface area contributed by atoms with E-state index in [1.54, 1.807) is 64.3 Å². The Labute approximate surface area is 687 Å². The number of aliphatic hydroxyl groups is 1. The predicted molar refractivity (Wildman–Crippen MR) is 444 cm³/mol. The van der Waals surface area contributed by atoms with Gasteiger partial charge in [-0.15, -0.1) is 0 Å². The average Bonchev–Trinajstić information content (AvgIpc) is 1.60. The van der Waals surface area contributed by atoms with Crippen molar-refractivity contribution in [1.29, 1.82) is 0 Å². The lowest BCUT2D eigenvalue weighted by atomic mass is 9.69. The third kappa shape index (κ3) is 22.5. The predicted octanol–water partition coefficient (Wildman–Crippen LogP) is 16.4. The largest absolute Gasteiger partial charge is 0.457 e. The summed E-state index contributed by atoms with van der Waals surface area (Å²) in [6.07, 6.45) is 9.26. The molecule has 4 fully saturated rings. The Morgan fingerprint density at radius 3 is 1.70 bits per heavy atom. The lowest BCUT2D eigenvalue weighted by molar-refractivity contribution is -0.284. The van der Waals surface area contributed by atoms with Gasteiger partial charge in [-0.2, -0.15) is 0 Å². The number of esters is 2. The van der Waals surface area contributed by atoms with Gasteiger partial charge < -0.3 is 61.3 Å². The van der Waals surface area contributed by atoms with Gasteiger partial charge in [0, 0.05) is 85.1 Å². The molecule has 0 unspecified atom stereocenters. The Kier molecular flexibility index (Phi) is 32.1. The molecule has 0 aliphatic carbocycles. The lowest BCUT2D eigenvalue weighted by Gasteiger charge is -2.46. The van der Waals surface area contributed by atoms with E-state index in [0.717, 1.165) is 17.7 Å². The number of ketones is 4. The summed E-state index contributed by atoms with van der Waals surface area (Å²) < 4.78 is 68.1. The summed E-state index contributed by atoms with van der Waals surface area (Å²) in [4.78, 5) is 129.